The molecule has 0 saturated heterocycles. The molecule has 1 aliphatic heterocycles. The maximum Gasteiger partial charge on any atom is 0.134 e. The third kappa shape index (κ3) is 5.62. The topological polar surface area (TPSA) is 37.3 Å². The Morgan fingerprint density at radius 1 is 0.435 bits per heavy atom. The number of hydrogen-bond acceptors (Lipinski definition) is 3. The van der Waals surface area contributed by atoms with Crippen LogP contribution in [0.4, 0.5) is 0 Å². The lowest BCUT2D eigenvalue weighted by Crippen LogP contribution is -2.31. The number of benzene rings is 6. The van der Waals surface area contributed by atoms with Crippen molar-refractivity contribution in [2.45, 2.75) is 6.04 Å². The second-order valence-electron chi connectivity index (χ2n) is 11.6. The molecule has 1 aliphatic rings. The van der Waals surface area contributed by atoms with Crippen molar-refractivity contribution in [1.29, 1.82) is 0 Å². The van der Waals surface area contributed by atoms with E-state index in [0.29, 0.717) is 0 Å². The normalized spacial score (nSPS) is 14.3. The predicted molar refractivity (Wildman–Crippen MR) is 191 cm³/mol. The highest BCUT2D eigenvalue weighted by Crippen LogP contribution is 2.31. The highest BCUT2D eigenvalue weighted by molar-refractivity contribution is 6.04. The van der Waals surface area contributed by atoms with Gasteiger partial charge in [0.15, 0.2) is 0 Å². The molecule has 0 radical (unpaired) electrons. The number of amidine groups is 1. The van der Waals surface area contributed by atoms with Crippen LogP contribution in [0.15, 0.2) is 181 Å². The highest BCUT2D eigenvalue weighted by Gasteiger charge is 2.20. The van der Waals surface area contributed by atoms with Crippen LogP contribution in [0.25, 0.3) is 49.9 Å². The van der Waals surface area contributed by atoms with E-state index in [-0.39, 0.29) is 6.04 Å². The molecule has 218 valence electrons. The maximum atomic E-state index is 5.16. The molecule has 3 nitrogen and oxygen atoms in total. The van der Waals surface area contributed by atoms with Gasteiger partial charge in [-0.2, -0.15) is 0 Å². The smallest absolute Gasteiger partial charge is 0.134 e. The van der Waals surface area contributed by atoms with Crippen LogP contribution in [0.5, 0.6) is 0 Å². The predicted octanol–water partition coefficient (Wildman–Crippen LogP) is 10.4. The first-order valence-corrected chi connectivity index (χ1v) is 15.6. The van der Waals surface area contributed by atoms with Crippen LogP contribution >= 0.6 is 0 Å². The van der Waals surface area contributed by atoms with Crippen LogP contribution in [-0.4, -0.2) is 10.8 Å². The molecule has 0 aliphatic carbocycles. The van der Waals surface area contributed by atoms with Gasteiger partial charge in [0.25, 0.3) is 0 Å². The summed E-state index contributed by atoms with van der Waals surface area (Å²) in [6.07, 6.45) is 5.92. The van der Waals surface area contributed by atoms with Gasteiger partial charge in [-0.15, -0.1) is 0 Å². The number of aromatic nitrogens is 1. The van der Waals surface area contributed by atoms with E-state index in [9.17, 15) is 0 Å². The molecule has 3 heteroatoms. The van der Waals surface area contributed by atoms with Crippen molar-refractivity contribution in [2.24, 2.45) is 4.99 Å². The maximum absolute atomic E-state index is 5.16. The molecule has 1 unspecified atom stereocenters. The van der Waals surface area contributed by atoms with Crippen molar-refractivity contribution >= 4 is 22.3 Å². The summed E-state index contributed by atoms with van der Waals surface area (Å²) in [6, 6.07) is 55.8. The lowest BCUT2D eigenvalue weighted by Gasteiger charge is -2.25. The molecule has 2 heterocycles. The zero-order chi connectivity index (χ0) is 30.7. The van der Waals surface area contributed by atoms with E-state index in [1.807, 2.05) is 12.3 Å². The van der Waals surface area contributed by atoms with Crippen molar-refractivity contribution in [3.8, 4) is 33.4 Å². The monoisotopic (exact) mass is 589 g/mol. The molecule has 8 rings (SSSR count). The largest absolute Gasteiger partial charge is 0.359 e. The Kier molecular flexibility index (Phi) is 7.26. The van der Waals surface area contributed by atoms with Gasteiger partial charge < -0.3 is 5.32 Å². The van der Waals surface area contributed by atoms with Crippen molar-refractivity contribution in [3.63, 3.8) is 0 Å². The van der Waals surface area contributed by atoms with Crippen molar-refractivity contribution in [1.82, 2.24) is 10.3 Å². The van der Waals surface area contributed by atoms with Gasteiger partial charge in [-0.3, -0.25) is 4.98 Å². The fourth-order valence-electron chi connectivity index (χ4n) is 6.09. The standard InChI is InChI=1S/C43H31N3/c1-2-7-30(8-3-1)32-12-19-35(20-13-32)41-28-42(36-21-14-34(15-22-36)40-11-6-26-44-29-40)46-43(45-41)37-23-16-33(17-24-37)39-25-18-31-9-4-5-10-38(31)27-39/h1-29,41H,(H,45,46). The molecule has 0 bridgehead atoms. The molecule has 1 aromatic heterocycles. The SMILES string of the molecule is C1=C(c2ccc(-c3cccnc3)cc2)N=C(c2ccc(-c3ccc4ccccc4c3)cc2)NC1c1ccc(-c2ccccc2)cc1. The van der Waals surface area contributed by atoms with Crippen molar-refractivity contribution in [2.75, 3.05) is 0 Å². The van der Waals surface area contributed by atoms with Gasteiger partial charge in [0, 0.05) is 18.0 Å². The highest BCUT2D eigenvalue weighted by atomic mass is 15.0. The van der Waals surface area contributed by atoms with Gasteiger partial charge in [0.1, 0.15) is 5.84 Å². The second-order valence-corrected chi connectivity index (χ2v) is 11.6. The zero-order valence-electron chi connectivity index (χ0n) is 25.2. The van der Waals surface area contributed by atoms with Crippen molar-refractivity contribution < 1.29 is 0 Å². The van der Waals surface area contributed by atoms with E-state index in [4.69, 9.17) is 4.99 Å². The van der Waals surface area contributed by atoms with Gasteiger partial charge >= 0.3 is 0 Å². The summed E-state index contributed by atoms with van der Waals surface area (Å²) in [5.74, 6) is 0.857. The summed E-state index contributed by atoms with van der Waals surface area (Å²) >= 11 is 0. The van der Waals surface area contributed by atoms with E-state index in [2.05, 4.69) is 168 Å². The first-order chi connectivity index (χ1) is 22.8. The number of fused-ring (bicyclic) bond motifs is 1. The Hall–Kier alpha value is -6.06. The van der Waals surface area contributed by atoms with E-state index in [1.165, 1.54) is 38.6 Å². The van der Waals surface area contributed by atoms with E-state index >= 15 is 0 Å². The fourth-order valence-corrected chi connectivity index (χ4v) is 6.09. The summed E-state index contributed by atoms with van der Waals surface area (Å²) in [7, 11) is 0. The van der Waals surface area contributed by atoms with Crippen LogP contribution in [0.1, 0.15) is 22.7 Å². The first-order valence-electron chi connectivity index (χ1n) is 15.6. The molecular weight excluding hydrogens is 558 g/mol. The van der Waals surface area contributed by atoms with Crippen LogP contribution in [0, 0.1) is 0 Å². The minimum atomic E-state index is -0.0366. The minimum absolute atomic E-state index is 0.0366. The number of hydrogen-bond donors (Lipinski definition) is 1. The number of pyridine rings is 1. The molecule has 0 spiro atoms. The lowest BCUT2D eigenvalue weighted by atomic mass is 9.96. The van der Waals surface area contributed by atoms with Crippen LogP contribution in [0.3, 0.4) is 0 Å². The molecular formula is C43H31N3. The van der Waals surface area contributed by atoms with E-state index in [0.717, 1.165) is 33.8 Å². The Morgan fingerprint density at radius 2 is 1.00 bits per heavy atom. The van der Waals surface area contributed by atoms with E-state index < -0.39 is 0 Å². The Labute approximate surface area is 269 Å². The average Bonchev–Trinajstić information content (AvgIpc) is 3.15. The van der Waals surface area contributed by atoms with Gasteiger partial charge in [-0.1, -0.05) is 146 Å². The number of aliphatic imine (C=N–C) groups is 1. The molecule has 1 N–H and O–H groups in total. The van der Waals surface area contributed by atoms with Gasteiger partial charge in [0.2, 0.25) is 0 Å². The van der Waals surface area contributed by atoms with Crippen LogP contribution < -0.4 is 5.32 Å². The first kappa shape index (κ1) is 27.5. The van der Waals surface area contributed by atoms with E-state index in [1.54, 1.807) is 6.20 Å². The number of nitrogens with zero attached hydrogens (tertiary/aromatic N) is 2. The molecule has 7 aromatic rings. The van der Waals surface area contributed by atoms with Gasteiger partial charge in [-0.05, 0) is 73.5 Å². The lowest BCUT2D eigenvalue weighted by molar-refractivity contribution is 0.781. The third-order valence-electron chi connectivity index (χ3n) is 8.64. The molecule has 1 atom stereocenters. The molecule has 6 aromatic carbocycles. The minimum Gasteiger partial charge on any atom is -0.359 e. The summed E-state index contributed by atoms with van der Waals surface area (Å²) in [6.45, 7) is 0. The van der Waals surface area contributed by atoms with Crippen molar-refractivity contribution in [3.05, 3.63) is 193 Å². The average molecular weight is 590 g/mol. The quantitative estimate of drug-likeness (QED) is 0.210. The molecule has 0 fully saturated rings. The van der Waals surface area contributed by atoms with Crippen LogP contribution in [-0.2, 0) is 0 Å². The fraction of sp³-hybridized carbons (Fsp3) is 0.0233. The summed E-state index contributed by atoms with van der Waals surface area (Å²) in [4.78, 5) is 9.45. The number of rotatable bonds is 6. The number of nitrogens with one attached hydrogen (secondary N) is 1. The molecule has 0 amide bonds. The zero-order valence-corrected chi connectivity index (χ0v) is 25.2. The molecule has 0 saturated carbocycles. The molecule has 46 heavy (non-hydrogen) atoms. The Balaban J connectivity index is 1.13. The summed E-state index contributed by atoms with van der Waals surface area (Å²) < 4.78 is 0. The van der Waals surface area contributed by atoms with Gasteiger partial charge in [-0.25, -0.2) is 4.99 Å². The Bertz CT molecular complexity index is 2180. The van der Waals surface area contributed by atoms with Crippen LogP contribution in [0.2, 0.25) is 0 Å². The van der Waals surface area contributed by atoms with Gasteiger partial charge in [0.05, 0.1) is 11.7 Å². The third-order valence-corrected chi connectivity index (χ3v) is 8.64. The Morgan fingerprint density at radius 3 is 1.74 bits per heavy atom. The second kappa shape index (κ2) is 12.1. The summed E-state index contributed by atoms with van der Waals surface area (Å²) in [5, 5.41) is 6.22. The summed E-state index contributed by atoms with van der Waals surface area (Å²) in [5.41, 5.74) is 11.3.